The Morgan fingerprint density at radius 3 is 2.71 bits per heavy atom. The lowest BCUT2D eigenvalue weighted by atomic mass is 10.2. The fourth-order valence-electron chi connectivity index (χ4n) is 1.39. The van der Waals surface area contributed by atoms with E-state index in [0.29, 0.717) is 5.76 Å². The summed E-state index contributed by atoms with van der Waals surface area (Å²) in [5.41, 5.74) is 1.02. The van der Waals surface area contributed by atoms with Crippen LogP contribution in [0.3, 0.4) is 0 Å². The van der Waals surface area contributed by atoms with Gasteiger partial charge in [-0.25, -0.2) is 0 Å². The third-order valence-electron chi connectivity index (χ3n) is 1.99. The van der Waals surface area contributed by atoms with Gasteiger partial charge in [0.2, 0.25) is 5.78 Å². The van der Waals surface area contributed by atoms with Crippen LogP contribution in [0.5, 0.6) is 0 Å². The van der Waals surface area contributed by atoms with Crippen LogP contribution in [0.4, 0.5) is 0 Å². The van der Waals surface area contributed by atoms with Crippen molar-refractivity contribution >= 4 is 17.1 Å². The third-order valence-corrected chi connectivity index (χ3v) is 3.14. The van der Waals surface area contributed by atoms with Crippen LogP contribution in [-0.4, -0.2) is 5.78 Å². The molecule has 0 amide bonds. The summed E-state index contributed by atoms with van der Waals surface area (Å²) in [6.07, 6.45) is 1.52. The summed E-state index contributed by atoms with van der Waals surface area (Å²) in [6, 6.07) is 5.43. The number of carbonyl (C=O) groups is 1. The Morgan fingerprint density at radius 1 is 1.43 bits per heavy atom. The van der Waals surface area contributed by atoms with E-state index in [4.69, 9.17) is 4.42 Å². The number of hydrogen-bond donors (Lipinski definition) is 0. The van der Waals surface area contributed by atoms with Crippen LogP contribution in [0.2, 0.25) is 0 Å². The summed E-state index contributed by atoms with van der Waals surface area (Å²) >= 11 is 1.51. The summed E-state index contributed by atoms with van der Waals surface area (Å²) in [7, 11) is 0. The monoisotopic (exact) mass is 206 g/mol. The second kappa shape index (κ2) is 3.42. The van der Waals surface area contributed by atoms with Crippen molar-refractivity contribution in [3.8, 4) is 0 Å². The minimum atomic E-state index is -0.0226. The molecule has 0 N–H and O–H groups in total. The molecule has 2 nitrogen and oxygen atoms in total. The number of carbonyl (C=O) groups excluding carboxylic acids is 1. The zero-order valence-corrected chi connectivity index (χ0v) is 8.85. The topological polar surface area (TPSA) is 30.2 Å². The number of hydrogen-bond acceptors (Lipinski definition) is 3. The maximum Gasteiger partial charge on any atom is 0.238 e. The van der Waals surface area contributed by atoms with Crippen LogP contribution in [0, 0.1) is 13.8 Å². The van der Waals surface area contributed by atoms with Gasteiger partial charge in [0.05, 0.1) is 11.1 Å². The molecule has 72 valence electrons. The molecule has 0 aromatic carbocycles. The molecule has 0 saturated carbocycles. The first-order valence-electron chi connectivity index (χ1n) is 4.33. The molecule has 14 heavy (non-hydrogen) atoms. The Hall–Kier alpha value is -1.35. The summed E-state index contributed by atoms with van der Waals surface area (Å²) in [5.74, 6) is 0.389. The molecule has 2 heterocycles. The number of furan rings is 1. The maximum absolute atomic E-state index is 11.9. The van der Waals surface area contributed by atoms with Gasteiger partial charge >= 0.3 is 0 Å². The van der Waals surface area contributed by atoms with Gasteiger partial charge in [-0.05, 0) is 37.6 Å². The Labute approximate surface area is 86.2 Å². The second-order valence-corrected chi connectivity index (χ2v) is 4.43. The largest absolute Gasteiger partial charge is 0.461 e. The van der Waals surface area contributed by atoms with Gasteiger partial charge in [-0.1, -0.05) is 0 Å². The van der Waals surface area contributed by atoms with E-state index in [-0.39, 0.29) is 5.78 Å². The molecule has 2 rings (SSSR count). The second-order valence-electron chi connectivity index (χ2n) is 3.18. The van der Waals surface area contributed by atoms with Crippen molar-refractivity contribution in [3.05, 3.63) is 45.5 Å². The molecule has 2 aromatic rings. The highest BCUT2D eigenvalue weighted by atomic mass is 32.1. The molecular formula is C11H10O2S. The summed E-state index contributed by atoms with van der Waals surface area (Å²) in [5, 5.41) is 0. The average Bonchev–Trinajstić information content (AvgIpc) is 2.73. The average molecular weight is 206 g/mol. The molecule has 0 saturated heterocycles. The van der Waals surface area contributed by atoms with Gasteiger partial charge < -0.3 is 4.42 Å². The minimum Gasteiger partial charge on any atom is -0.461 e. The van der Waals surface area contributed by atoms with Crippen molar-refractivity contribution in [2.45, 2.75) is 13.8 Å². The normalized spacial score (nSPS) is 10.4. The van der Waals surface area contributed by atoms with Gasteiger partial charge in [0.25, 0.3) is 0 Å². The van der Waals surface area contributed by atoms with Crippen LogP contribution in [0.25, 0.3) is 0 Å². The van der Waals surface area contributed by atoms with Gasteiger partial charge in [0.1, 0.15) is 0 Å². The van der Waals surface area contributed by atoms with E-state index in [2.05, 4.69) is 0 Å². The Bertz CT molecular complexity index is 452. The molecule has 3 heteroatoms. The van der Waals surface area contributed by atoms with E-state index in [1.807, 2.05) is 19.9 Å². The standard InChI is InChI=1S/C11H10O2S/c1-7-6-8(2)14-11(7)10(12)9-4-3-5-13-9/h3-6H,1-2H3. The predicted octanol–water partition coefficient (Wildman–Crippen LogP) is 3.19. The lowest BCUT2D eigenvalue weighted by molar-refractivity contribution is 0.101. The highest BCUT2D eigenvalue weighted by Crippen LogP contribution is 2.23. The molecule has 0 atom stereocenters. The van der Waals surface area contributed by atoms with Crippen LogP contribution in [-0.2, 0) is 0 Å². The molecule has 0 spiro atoms. The van der Waals surface area contributed by atoms with Gasteiger partial charge in [0, 0.05) is 4.88 Å². The Kier molecular flexibility index (Phi) is 2.25. The smallest absolute Gasteiger partial charge is 0.238 e. The molecular weight excluding hydrogens is 196 g/mol. The fraction of sp³-hybridized carbons (Fsp3) is 0.182. The van der Waals surface area contributed by atoms with E-state index < -0.39 is 0 Å². The van der Waals surface area contributed by atoms with E-state index >= 15 is 0 Å². The van der Waals surface area contributed by atoms with E-state index in [1.54, 1.807) is 12.1 Å². The first-order valence-corrected chi connectivity index (χ1v) is 5.15. The number of ketones is 1. The van der Waals surface area contributed by atoms with Crippen molar-refractivity contribution in [3.63, 3.8) is 0 Å². The molecule has 0 radical (unpaired) electrons. The van der Waals surface area contributed by atoms with Gasteiger partial charge in [-0.15, -0.1) is 11.3 Å². The molecule has 0 bridgehead atoms. The first kappa shape index (κ1) is 9.21. The fourth-order valence-corrected chi connectivity index (χ4v) is 2.36. The summed E-state index contributed by atoms with van der Waals surface area (Å²) < 4.78 is 5.07. The minimum absolute atomic E-state index is 0.0226. The molecule has 0 aliphatic rings. The van der Waals surface area contributed by atoms with E-state index in [1.165, 1.54) is 17.6 Å². The van der Waals surface area contributed by atoms with Gasteiger partial charge in [-0.2, -0.15) is 0 Å². The molecule has 0 aliphatic carbocycles. The first-order chi connectivity index (χ1) is 6.68. The van der Waals surface area contributed by atoms with Crippen molar-refractivity contribution in [2.75, 3.05) is 0 Å². The SMILES string of the molecule is Cc1cc(C)c(C(=O)c2ccco2)s1. The third kappa shape index (κ3) is 1.51. The number of thiophene rings is 1. The zero-order valence-electron chi connectivity index (χ0n) is 8.03. The lowest BCUT2D eigenvalue weighted by Crippen LogP contribution is -1.97. The van der Waals surface area contributed by atoms with E-state index in [9.17, 15) is 4.79 Å². The zero-order chi connectivity index (χ0) is 10.1. The molecule has 0 fully saturated rings. The van der Waals surface area contributed by atoms with Crippen LogP contribution in [0.1, 0.15) is 25.9 Å². The van der Waals surface area contributed by atoms with Crippen molar-refractivity contribution in [1.82, 2.24) is 0 Å². The maximum atomic E-state index is 11.9. The highest BCUT2D eigenvalue weighted by molar-refractivity contribution is 7.14. The van der Waals surface area contributed by atoms with Gasteiger partial charge in [0.15, 0.2) is 5.76 Å². The van der Waals surface area contributed by atoms with Crippen molar-refractivity contribution in [1.29, 1.82) is 0 Å². The molecule has 2 aromatic heterocycles. The van der Waals surface area contributed by atoms with Crippen molar-refractivity contribution < 1.29 is 9.21 Å². The van der Waals surface area contributed by atoms with Crippen LogP contribution in [0.15, 0.2) is 28.9 Å². The Balaban J connectivity index is 2.41. The quantitative estimate of drug-likeness (QED) is 0.706. The van der Waals surface area contributed by atoms with Gasteiger partial charge in [-0.3, -0.25) is 4.79 Å². The molecule has 0 aliphatic heterocycles. The number of rotatable bonds is 2. The van der Waals surface area contributed by atoms with E-state index in [0.717, 1.165) is 15.3 Å². The summed E-state index contributed by atoms with van der Waals surface area (Å²) in [6.45, 7) is 3.94. The van der Waals surface area contributed by atoms with Crippen LogP contribution < -0.4 is 0 Å². The van der Waals surface area contributed by atoms with Crippen molar-refractivity contribution in [2.24, 2.45) is 0 Å². The lowest BCUT2D eigenvalue weighted by Gasteiger charge is -1.93. The number of aryl methyl sites for hydroxylation is 2. The predicted molar refractivity (Wildman–Crippen MR) is 55.9 cm³/mol. The highest BCUT2D eigenvalue weighted by Gasteiger charge is 2.16. The Morgan fingerprint density at radius 2 is 2.21 bits per heavy atom. The summed E-state index contributed by atoms with van der Waals surface area (Å²) in [4.78, 5) is 13.8. The van der Waals surface area contributed by atoms with Crippen LogP contribution >= 0.6 is 11.3 Å². The molecule has 0 unspecified atom stereocenters.